The smallest absolute Gasteiger partial charge is 0.258 e. The summed E-state index contributed by atoms with van der Waals surface area (Å²) in [6.07, 6.45) is 3.64. The molecule has 1 unspecified atom stereocenters. The van der Waals surface area contributed by atoms with Crippen molar-refractivity contribution in [2.75, 3.05) is 13.2 Å². The number of rotatable bonds is 3. The molecule has 0 radical (unpaired) electrons. The summed E-state index contributed by atoms with van der Waals surface area (Å²) >= 11 is 0. The van der Waals surface area contributed by atoms with E-state index < -0.39 is 0 Å². The summed E-state index contributed by atoms with van der Waals surface area (Å²) in [4.78, 5) is 8.71. The van der Waals surface area contributed by atoms with Gasteiger partial charge in [-0.3, -0.25) is 4.98 Å². The van der Waals surface area contributed by atoms with Crippen LogP contribution in [0, 0.1) is 0 Å². The van der Waals surface area contributed by atoms with Gasteiger partial charge in [0.1, 0.15) is 0 Å². The lowest BCUT2D eigenvalue weighted by atomic mass is 10.1. The maximum Gasteiger partial charge on any atom is 0.258 e. The van der Waals surface area contributed by atoms with Crippen LogP contribution in [0.25, 0.3) is 11.5 Å². The highest BCUT2D eigenvalue weighted by Crippen LogP contribution is 2.25. The molecule has 0 aromatic carbocycles. The average Bonchev–Trinajstić information content (AvgIpc) is 3.09. The number of aryl methyl sites for hydroxylation is 1. The predicted molar refractivity (Wildman–Crippen MR) is 65.1 cm³/mol. The molecule has 2 aromatic rings. The zero-order valence-electron chi connectivity index (χ0n) is 10.3. The summed E-state index contributed by atoms with van der Waals surface area (Å²) in [6.45, 7) is 3.54. The number of pyridine rings is 1. The van der Waals surface area contributed by atoms with Crippen LogP contribution in [0.5, 0.6) is 0 Å². The molecule has 0 saturated carbocycles. The molecule has 5 nitrogen and oxygen atoms in total. The molecule has 3 rings (SSSR count). The SMILES string of the molecule is CCc1cc(-c2nc(C3CCOC3)no2)ccn1. The summed E-state index contributed by atoms with van der Waals surface area (Å²) in [5.41, 5.74) is 1.95. The van der Waals surface area contributed by atoms with E-state index in [9.17, 15) is 0 Å². The van der Waals surface area contributed by atoms with Crippen molar-refractivity contribution in [2.45, 2.75) is 25.7 Å². The van der Waals surface area contributed by atoms with Gasteiger partial charge in [0.05, 0.1) is 6.61 Å². The number of nitrogens with zero attached hydrogens (tertiary/aromatic N) is 3. The normalized spacial score (nSPS) is 19.3. The Balaban J connectivity index is 1.87. The molecular formula is C13H15N3O2. The second-order valence-corrected chi connectivity index (χ2v) is 4.41. The third-order valence-corrected chi connectivity index (χ3v) is 3.16. The maximum atomic E-state index is 5.33. The third kappa shape index (κ3) is 2.13. The van der Waals surface area contributed by atoms with E-state index in [2.05, 4.69) is 22.0 Å². The lowest BCUT2D eigenvalue weighted by Crippen LogP contribution is -1.99. The molecule has 1 fully saturated rings. The number of ether oxygens (including phenoxy) is 1. The van der Waals surface area contributed by atoms with Crippen LogP contribution in [0.15, 0.2) is 22.9 Å². The van der Waals surface area contributed by atoms with Gasteiger partial charge >= 0.3 is 0 Å². The summed E-state index contributed by atoms with van der Waals surface area (Å²) in [6, 6.07) is 3.88. The van der Waals surface area contributed by atoms with Crippen molar-refractivity contribution >= 4 is 0 Å². The standard InChI is InChI=1S/C13H15N3O2/c1-2-11-7-9(3-5-14-11)13-15-12(16-18-13)10-4-6-17-8-10/h3,5,7,10H,2,4,6,8H2,1H3. The molecule has 2 aromatic heterocycles. The van der Waals surface area contributed by atoms with Crippen molar-refractivity contribution in [1.82, 2.24) is 15.1 Å². The Kier molecular flexibility index (Phi) is 3.06. The van der Waals surface area contributed by atoms with Gasteiger partial charge in [0.25, 0.3) is 5.89 Å². The van der Waals surface area contributed by atoms with Crippen LogP contribution in [0.4, 0.5) is 0 Å². The molecule has 0 N–H and O–H groups in total. The van der Waals surface area contributed by atoms with Gasteiger partial charge < -0.3 is 9.26 Å². The highest BCUT2D eigenvalue weighted by atomic mass is 16.5. The molecule has 0 aliphatic carbocycles. The lowest BCUT2D eigenvalue weighted by molar-refractivity contribution is 0.192. The van der Waals surface area contributed by atoms with Crippen molar-refractivity contribution in [1.29, 1.82) is 0 Å². The molecule has 3 heterocycles. The zero-order valence-corrected chi connectivity index (χ0v) is 10.3. The van der Waals surface area contributed by atoms with Gasteiger partial charge in [-0.25, -0.2) is 0 Å². The number of hydrogen-bond acceptors (Lipinski definition) is 5. The van der Waals surface area contributed by atoms with E-state index in [1.165, 1.54) is 0 Å². The zero-order chi connectivity index (χ0) is 12.4. The molecule has 0 amide bonds. The molecular weight excluding hydrogens is 230 g/mol. The van der Waals surface area contributed by atoms with Crippen molar-refractivity contribution in [3.8, 4) is 11.5 Å². The Labute approximate surface area is 105 Å². The number of hydrogen-bond donors (Lipinski definition) is 0. The van der Waals surface area contributed by atoms with Gasteiger partial charge in [0.15, 0.2) is 5.82 Å². The second kappa shape index (κ2) is 4.86. The third-order valence-electron chi connectivity index (χ3n) is 3.16. The van der Waals surface area contributed by atoms with E-state index in [-0.39, 0.29) is 5.92 Å². The van der Waals surface area contributed by atoms with E-state index in [1.807, 2.05) is 12.1 Å². The highest BCUT2D eigenvalue weighted by Gasteiger charge is 2.23. The van der Waals surface area contributed by atoms with E-state index in [1.54, 1.807) is 6.20 Å². The van der Waals surface area contributed by atoms with E-state index in [4.69, 9.17) is 9.26 Å². The summed E-state index contributed by atoms with van der Waals surface area (Å²) < 4.78 is 10.6. The van der Waals surface area contributed by atoms with Crippen LogP contribution in [0.1, 0.15) is 30.8 Å². The van der Waals surface area contributed by atoms with E-state index in [0.29, 0.717) is 12.5 Å². The first-order valence-electron chi connectivity index (χ1n) is 6.23. The van der Waals surface area contributed by atoms with Crippen molar-refractivity contribution in [2.24, 2.45) is 0 Å². The maximum absolute atomic E-state index is 5.33. The Morgan fingerprint density at radius 2 is 2.39 bits per heavy atom. The topological polar surface area (TPSA) is 61.0 Å². The quantitative estimate of drug-likeness (QED) is 0.829. The minimum absolute atomic E-state index is 0.273. The fraction of sp³-hybridized carbons (Fsp3) is 0.462. The highest BCUT2D eigenvalue weighted by molar-refractivity contribution is 5.52. The van der Waals surface area contributed by atoms with Gasteiger partial charge in [0, 0.05) is 30.0 Å². The summed E-state index contributed by atoms with van der Waals surface area (Å²) in [7, 11) is 0. The Morgan fingerprint density at radius 1 is 1.44 bits per heavy atom. The molecule has 0 spiro atoms. The van der Waals surface area contributed by atoms with Crippen molar-refractivity contribution in [3.05, 3.63) is 29.8 Å². The average molecular weight is 245 g/mol. The van der Waals surface area contributed by atoms with Crippen LogP contribution in [-0.2, 0) is 11.2 Å². The number of aromatic nitrogens is 3. The van der Waals surface area contributed by atoms with Crippen LogP contribution in [0.3, 0.4) is 0 Å². The minimum atomic E-state index is 0.273. The lowest BCUT2D eigenvalue weighted by Gasteiger charge is -1.98. The van der Waals surface area contributed by atoms with Gasteiger partial charge in [-0.1, -0.05) is 12.1 Å². The molecule has 94 valence electrons. The molecule has 1 aliphatic rings. The Bertz CT molecular complexity index is 533. The first kappa shape index (κ1) is 11.3. The second-order valence-electron chi connectivity index (χ2n) is 4.41. The minimum Gasteiger partial charge on any atom is -0.381 e. The monoisotopic (exact) mass is 245 g/mol. The van der Waals surface area contributed by atoms with Gasteiger partial charge in [-0.2, -0.15) is 4.98 Å². The largest absolute Gasteiger partial charge is 0.381 e. The van der Waals surface area contributed by atoms with Gasteiger partial charge in [0.2, 0.25) is 0 Å². The van der Waals surface area contributed by atoms with Gasteiger partial charge in [-0.15, -0.1) is 0 Å². The predicted octanol–water partition coefficient (Wildman–Crippen LogP) is 2.20. The van der Waals surface area contributed by atoms with Crippen LogP contribution in [0.2, 0.25) is 0 Å². The molecule has 5 heteroatoms. The van der Waals surface area contributed by atoms with Crippen molar-refractivity contribution < 1.29 is 9.26 Å². The van der Waals surface area contributed by atoms with Gasteiger partial charge in [-0.05, 0) is 25.0 Å². The fourth-order valence-electron chi connectivity index (χ4n) is 2.06. The first-order valence-corrected chi connectivity index (χ1v) is 6.23. The molecule has 1 aliphatic heterocycles. The van der Waals surface area contributed by atoms with Crippen LogP contribution < -0.4 is 0 Å². The van der Waals surface area contributed by atoms with Crippen LogP contribution >= 0.6 is 0 Å². The summed E-state index contributed by atoms with van der Waals surface area (Å²) in [5.74, 6) is 1.58. The van der Waals surface area contributed by atoms with Crippen LogP contribution in [-0.4, -0.2) is 28.3 Å². The van der Waals surface area contributed by atoms with Crippen molar-refractivity contribution in [3.63, 3.8) is 0 Å². The first-order chi connectivity index (χ1) is 8.86. The molecule has 1 atom stereocenters. The molecule has 18 heavy (non-hydrogen) atoms. The fourth-order valence-corrected chi connectivity index (χ4v) is 2.06. The van der Waals surface area contributed by atoms with E-state index >= 15 is 0 Å². The Hall–Kier alpha value is -1.75. The summed E-state index contributed by atoms with van der Waals surface area (Å²) in [5, 5.41) is 4.04. The Morgan fingerprint density at radius 3 is 3.17 bits per heavy atom. The molecule has 1 saturated heterocycles. The molecule has 0 bridgehead atoms. The van der Waals surface area contributed by atoms with E-state index in [0.717, 1.165) is 36.5 Å².